The van der Waals surface area contributed by atoms with Gasteiger partial charge >= 0.3 is 167 Å². The van der Waals surface area contributed by atoms with E-state index in [0.717, 1.165) is 76.0 Å². The first kappa shape index (κ1) is 24.0. The van der Waals surface area contributed by atoms with E-state index >= 15 is 0 Å². The molecule has 1 N–H and O–H groups in total. The van der Waals surface area contributed by atoms with Gasteiger partial charge in [-0.2, -0.15) is 0 Å². The second kappa shape index (κ2) is 11.7. The Bertz CT molecular complexity index is 527. The fraction of sp³-hybridized carbons (Fsp3) is 0.696. The number of para-hydroxylation sites is 1. The summed E-state index contributed by atoms with van der Waals surface area (Å²) in [4.78, 5) is 13.2. The average molecular weight is 397 g/mol. The summed E-state index contributed by atoms with van der Waals surface area (Å²) in [5.41, 5.74) is 0.312. The topological polar surface area (TPSA) is 46.5 Å². The van der Waals surface area contributed by atoms with Crippen molar-refractivity contribution in [3.05, 3.63) is 29.8 Å². The molecule has 0 heterocycles. The number of rotatable bonds is 14. The van der Waals surface area contributed by atoms with Crippen molar-refractivity contribution >= 4 is 12.8 Å². The quantitative estimate of drug-likeness (QED) is 0.338. The fourth-order valence-electron chi connectivity index (χ4n) is 4.02. The minimum absolute atomic E-state index is 0.0241. The number of phenolic OH excluding ortho intramolecular Hbond substituents is 1. The van der Waals surface area contributed by atoms with Gasteiger partial charge in [0.05, 0.1) is 0 Å². The first-order chi connectivity index (χ1) is 13.0. The number of phenols is 1. The molecule has 0 fully saturated rings. The van der Waals surface area contributed by atoms with E-state index in [4.69, 9.17) is 4.52 Å². The summed E-state index contributed by atoms with van der Waals surface area (Å²) in [6, 6.07) is 6.79. The van der Waals surface area contributed by atoms with Crippen LogP contribution in [0.2, 0.25) is 0 Å². The average Bonchev–Trinajstić information content (AvgIpc) is 2.68. The third-order valence-corrected chi connectivity index (χ3v) is 12.2. The number of unbranched alkanes of at least 4 members (excludes halogenated alkanes) is 4. The van der Waals surface area contributed by atoms with E-state index in [1.165, 1.54) is 0 Å². The molecule has 0 amide bonds. The normalized spacial score (nSPS) is 13.1. The van der Waals surface area contributed by atoms with Gasteiger partial charge in [-0.05, 0) is 0 Å². The Kier molecular flexibility index (Phi) is 10.4. The molecule has 0 saturated carbocycles. The van der Waals surface area contributed by atoms with Crippen LogP contribution in [0.4, 0.5) is 0 Å². The molecule has 1 rings (SSSR count). The van der Waals surface area contributed by atoms with Gasteiger partial charge < -0.3 is 0 Å². The molecular formula is C23H41O3P. The Hall–Kier alpha value is -1.08. The van der Waals surface area contributed by atoms with Crippen molar-refractivity contribution in [2.75, 3.05) is 24.6 Å². The van der Waals surface area contributed by atoms with E-state index < -0.39 is 6.83 Å². The zero-order valence-corrected chi connectivity index (χ0v) is 18.9. The van der Waals surface area contributed by atoms with Crippen LogP contribution in [-0.2, 0) is 4.52 Å². The molecule has 156 valence electrons. The van der Waals surface area contributed by atoms with Crippen LogP contribution in [0, 0.1) is 0 Å². The van der Waals surface area contributed by atoms with Crippen molar-refractivity contribution in [1.29, 1.82) is 0 Å². The third kappa shape index (κ3) is 6.79. The summed E-state index contributed by atoms with van der Waals surface area (Å²) in [7, 11) is 0. The first-order valence-corrected chi connectivity index (χ1v) is 13.9. The zero-order chi connectivity index (χ0) is 20.2. The van der Waals surface area contributed by atoms with Gasteiger partial charge in [-0.25, -0.2) is 0 Å². The molecule has 0 bridgehead atoms. The summed E-state index contributed by atoms with van der Waals surface area (Å²) < 4.78 is 6.63. The van der Waals surface area contributed by atoms with Crippen LogP contribution < -0.4 is 0 Å². The van der Waals surface area contributed by atoms with E-state index in [0.29, 0.717) is 5.56 Å². The number of benzene rings is 1. The van der Waals surface area contributed by atoms with Crippen molar-refractivity contribution in [3.63, 3.8) is 0 Å². The summed E-state index contributed by atoms with van der Waals surface area (Å²) in [6.45, 7) is 6.21. The Morgan fingerprint density at radius 2 is 1.22 bits per heavy atom. The van der Waals surface area contributed by atoms with Crippen molar-refractivity contribution in [2.24, 2.45) is 0 Å². The molecule has 0 aliphatic heterocycles. The Balaban J connectivity index is 3.35. The molecule has 0 spiro atoms. The van der Waals surface area contributed by atoms with Crippen molar-refractivity contribution in [2.45, 2.75) is 79.1 Å². The van der Waals surface area contributed by atoms with Crippen LogP contribution in [0.25, 0.3) is 0 Å². The van der Waals surface area contributed by atoms with Crippen LogP contribution in [0.5, 0.6) is 5.75 Å². The van der Waals surface area contributed by atoms with Crippen molar-refractivity contribution in [3.8, 4) is 5.75 Å². The number of carbonyl (C=O) groups is 1. The minimum atomic E-state index is -2.66. The second-order valence-corrected chi connectivity index (χ2v) is 13.8. The van der Waals surface area contributed by atoms with E-state index in [9.17, 15) is 9.90 Å². The molecule has 4 heteroatoms. The Morgan fingerprint density at radius 1 is 0.815 bits per heavy atom. The monoisotopic (exact) mass is 396 g/mol. The molecular weight excluding hydrogens is 355 g/mol. The van der Waals surface area contributed by atoms with Gasteiger partial charge in [0.1, 0.15) is 0 Å². The van der Waals surface area contributed by atoms with Gasteiger partial charge in [-0.1, -0.05) is 0 Å². The van der Waals surface area contributed by atoms with Crippen LogP contribution in [0.1, 0.15) is 89.4 Å². The van der Waals surface area contributed by atoms with Crippen LogP contribution >= 0.6 is 6.83 Å². The van der Waals surface area contributed by atoms with Gasteiger partial charge in [0.15, 0.2) is 0 Å². The maximum atomic E-state index is 13.2. The van der Waals surface area contributed by atoms with E-state index in [-0.39, 0.29) is 11.7 Å². The molecule has 27 heavy (non-hydrogen) atoms. The van der Waals surface area contributed by atoms with Gasteiger partial charge in [-0.15, -0.1) is 0 Å². The summed E-state index contributed by atoms with van der Waals surface area (Å²) in [6.07, 6.45) is 13.1. The number of carbonyl (C=O) groups excluding carboxylic acids is 1. The number of hydrogen-bond acceptors (Lipinski definition) is 3. The zero-order valence-electron chi connectivity index (χ0n) is 18.0. The molecule has 1 aromatic carbocycles. The van der Waals surface area contributed by atoms with Gasteiger partial charge in [-0.3, -0.25) is 0 Å². The molecule has 1 aromatic rings. The molecule has 0 aliphatic rings. The van der Waals surface area contributed by atoms with Crippen LogP contribution in [-0.4, -0.2) is 35.7 Å². The molecule has 0 aliphatic carbocycles. The molecule has 0 saturated heterocycles. The van der Waals surface area contributed by atoms with Crippen molar-refractivity contribution < 1.29 is 14.4 Å². The van der Waals surface area contributed by atoms with E-state index in [1.54, 1.807) is 24.3 Å². The number of hydrogen-bond donors (Lipinski definition) is 1. The predicted molar refractivity (Wildman–Crippen MR) is 120 cm³/mol. The van der Waals surface area contributed by atoms with Crippen LogP contribution in [0.3, 0.4) is 0 Å². The molecule has 3 nitrogen and oxygen atoms in total. The predicted octanol–water partition coefficient (Wildman–Crippen LogP) is 7.22. The van der Waals surface area contributed by atoms with E-state index in [1.807, 2.05) is 0 Å². The SMILES string of the molecule is CCCCP(CCCC)(CCCC)(CCCC)OC(=O)c1ccccc1O. The second-order valence-electron chi connectivity index (χ2n) is 8.06. The fourth-order valence-corrected chi connectivity index (χ4v) is 10.8. The molecule has 0 radical (unpaired) electrons. The summed E-state index contributed by atoms with van der Waals surface area (Å²) in [5, 5.41) is 10.2. The van der Waals surface area contributed by atoms with E-state index in [2.05, 4.69) is 27.7 Å². The van der Waals surface area contributed by atoms with Gasteiger partial charge in [0.2, 0.25) is 0 Å². The van der Waals surface area contributed by atoms with Crippen molar-refractivity contribution in [1.82, 2.24) is 0 Å². The standard InChI is InChI=1S/C23H41O3P/c1-5-9-17-27(18-10-6-2,19-11-7-3,20-12-8-4)26-23(25)21-15-13-14-16-22(21)24/h13-16,24H,5-12,17-20H2,1-4H3. The summed E-state index contributed by atoms with van der Waals surface area (Å²) in [5.74, 6) is -0.291. The Morgan fingerprint density at radius 3 is 1.59 bits per heavy atom. The maximum absolute atomic E-state index is 13.2. The Labute approximate surface area is 166 Å². The van der Waals surface area contributed by atoms with Gasteiger partial charge in [0, 0.05) is 0 Å². The number of aromatic hydroxyl groups is 1. The summed E-state index contributed by atoms with van der Waals surface area (Å²) >= 11 is 0. The van der Waals surface area contributed by atoms with Crippen LogP contribution in [0.15, 0.2) is 24.3 Å². The molecule has 0 atom stereocenters. The molecule has 0 unspecified atom stereocenters. The first-order valence-electron chi connectivity index (χ1n) is 11.0. The third-order valence-electron chi connectivity index (χ3n) is 5.77. The molecule has 0 aromatic heterocycles. The van der Waals surface area contributed by atoms with Gasteiger partial charge in [0.25, 0.3) is 0 Å².